The maximum Gasteiger partial charge on any atom is 0.394 e. The highest BCUT2D eigenvalue weighted by Gasteiger charge is 2.23. The van der Waals surface area contributed by atoms with Gasteiger partial charge in [-0.25, -0.2) is 4.98 Å². The van der Waals surface area contributed by atoms with Crippen molar-refractivity contribution in [2.75, 3.05) is 0 Å². The highest BCUT2D eigenvalue weighted by molar-refractivity contribution is 6.30. The Morgan fingerprint density at radius 3 is 2.43 bits per heavy atom. The van der Waals surface area contributed by atoms with Crippen LogP contribution in [0.2, 0.25) is 5.02 Å². The number of hydrogen-bond acceptors (Lipinski definition) is 5. The van der Waals surface area contributed by atoms with Crippen LogP contribution in [0.3, 0.4) is 0 Å². The predicted molar refractivity (Wildman–Crippen MR) is 107 cm³/mol. The first-order valence-corrected chi connectivity index (χ1v) is 9.44. The molecule has 0 saturated carbocycles. The Balaban J connectivity index is 1.52. The van der Waals surface area contributed by atoms with Gasteiger partial charge in [0.2, 0.25) is 5.82 Å². The summed E-state index contributed by atoms with van der Waals surface area (Å²) in [6.07, 6.45) is -1.41. The molecule has 6 nitrogen and oxygen atoms in total. The molecular weight excluding hydrogens is 414 g/mol. The molecule has 0 aliphatic heterocycles. The average molecular weight is 431 g/mol. The molecule has 0 radical (unpaired) electrons. The standard InChI is InChI=1S/C21H17ClF2N4O2/c1-13-25-18(12-28(13)11-14-3-7-16(22)8-4-14)20-26-19(27-30-20)15-5-9-17(10-6-15)29-21(2,23)24/h3-10,12H,11H2,1-2H3. The van der Waals surface area contributed by atoms with Gasteiger partial charge in [-0.15, -0.1) is 0 Å². The van der Waals surface area contributed by atoms with Gasteiger partial charge in [0.15, 0.2) is 0 Å². The van der Waals surface area contributed by atoms with Crippen molar-refractivity contribution < 1.29 is 18.0 Å². The number of hydrogen-bond donors (Lipinski definition) is 0. The molecule has 0 unspecified atom stereocenters. The number of rotatable bonds is 6. The third-order valence-corrected chi connectivity index (χ3v) is 4.55. The van der Waals surface area contributed by atoms with Crippen molar-refractivity contribution in [3.63, 3.8) is 0 Å². The number of benzene rings is 2. The number of alkyl halides is 2. The van der Waals surface area contributed by atoms with E-state index in [1.165, 1.54) is 12.1 Å². The summed E-state index contributed by atoms with van der Waals surface area (Å²) in [6.45, 7) is 3.19. The lowest BCUT2D eigenvalue weighted by molar-refractivity contribution is -0.158. The number of aromatic nitrogens is 4. The molecular formula is C21H17ClF2N4O2. The number of nitrogens with zero attached hydrogens (tertiary/aromatic N) is 4. The van der Waals surface area contributed by atoms with E-state index in [0.717, 1.165) is 11.4 Å². The Morgan fingerprint density at radius 2 is 1.77 bits per heavy atom. The largest absolute Gasteiger partial charge is 0.433 e. The van der Waals surface area contributed by atoms with Crippen LogP contribution >= 0.6 is 11.6 Å². The molecule has 2 heterocycles. The van der Waals surface area contributed by atoms with Crippen LogP contribution in [-0.2, 0) is 6.54 Å². The molecule has 30 heavy (non-hydrogen) atoms. The quantitative estimate of drug-likeness (QED) is 0.398. The fraction of sp³-hybridized carbons (Fsp3) is 0.190. The predicted octanol–water partition coefficient (Wildman–Crippen LogP) is 5.60. The third-order valence-electron chi connectivity index (χ3n) is 4.30. The summed E-state index contributed by atoms with van der Waals surface area (Å²) in [4.78, 5) is 8.86. The van der Waals surface area contributed by atoms with Gasteiger partial charge in [0.25, 0.3) is 5.89 Å². The van der Waals surface area contributed by atoms with Gasteiger partial charge in [-0.3, -0.25) is 0 Å². The molecule has 0 spiro atoms. The van der Waals surface area contributed by atoms with Gasteiger partial charge in [0, 0.05) is 30.3 Å². The molecule has 154 valence electrons. The highest BCUT2D eigenvalue weighted by Crippen LogP contribution is 2.26. The molecule has 9 heteroatoms. The minimum absolute atomic E-state index is 0.0477. The maximum absolute atomic E-state index is 12.9. The summed E-state index contributed by atoms with van der Waals surface area (Å²) >= 11 is 5.93. The lowest BCUT2D eigenvalue weighted by Crippen LogP contribution is -2.18. The molecule has 0 fully saturated rings. The Hall–Kier alpha value is -3.26. The molecule has 4 aromatic rings. The smallest absolute Gasteiger partial charge is 0.394 e. The van der Waals surface area contributed by atoms with E-state index in [4.69, 9.17) is 16.1 Å². The van der Waals surface area contributed by atoms with Gasteiger partial charge in [-0.05, 0) is 48.9 Å². The normalized spacial score (nSPS) is 11.6. The monoisotopic (exact) mass is 430 g/mol. The van der Waals surface area contributed by atoms with Crippen LogP contribution in [0.5, 0.6) is 5.75 Å². The fourth-order valence-corrected chi connectivity index (χ4v) is 3.01. The average Bonchev–Trinajstić information content (AvgIpc) is 3.30. The highest BCUT2D eigenvalue weighted by atomic mass is 35.5. The summed E-state index contributed by atoms with van der Waals surface area (Å²) < 4.78 is 37.7. The second-order valence-corrected chi connectivity index (χ2v) is 7.22. The molecule has 0 N–H and O–H groups in total. The SMILES string of the molecule is Cc1nc(-c2nc(-c3ccc(OC(C)(F)F)cc3)no2)cn1Cc1ccc(Cl)cc1. The van der Waals surface area contributed by atoms with Crippen LogP contribution in [-0.4, -0.2) is 25.8 Å². The van der Waals surface area contributed by atoms with Gasteiger partial charge < -0.3 is 13.8 Å². The molecule has 2 aromatic heterocycles. The first-order chi connectivity index (χ1) is 14.3. The molecule has 0 saturated heterocycles. The number of ether oxygens (including phenoxy) is 1. The van der Waals surface area contributed by atoms with E-state index >= 15 is 0 Å². The van der Waals surface area contributed by atoms with Crippen molar-refractivity contribution in [2.45, 2.75) is 26.5 Å². The molecule has 0 aliphatic rings. The Kier molecular flexibility index (Phi) is 5.26. The third kappa shape index (κ3) is 4.65. The summed E-state index contributed by atoms with van der Waals surface area (Å²) in [7, 11) is 0. The van der Waals surface area contributed by atoms with Crippen LogP contribution in [0.1, 0.15) is 18.3 Å². The van der Waals surface area contributed by atoms with E-state index in [-0.39, 0.29) is 11.6 Å². The van der Waals surface area contributed by atoms with Crippen LogP contribution < -0.4 is 4.74 Å². The Bertz CT molecular complexity index is 1150. The fourth-order valence-electron chi connectivity index (χ4n) is 2.88. The minimum Gasteiger partial charge on any atom is -0.433 e. The number of aryl methyl sites for hydroxylation is 1. The molecule has 4 rings (SSSR count). The van der Waals surface area contributed by atoms with Crippen LogP contribution in [0, 0.1) is 6.92 Å². The second-order valence-electron chi connectivity index (χ2n) is 6.79. The summed E-state index contributed by atoms with van der Waals surface area (Å²) in [5, 5.41) is 4.64. The zero-order chi connectivity index (χ0) is 21.3. The van der Waals surface area contributed by atoms with E-state index < -0.39 is 6.11 Å². The first-order valence-electron chi connectivity index (χ1n) is 9.06. The van der Waals surface area contributed by atoms with Gasteiger partial charge in [-0.2, -0.15) is 13.8 Å². The van der Waals surface area contributed by atoms with Crippen molar-refractivity contribution in [1.82, 2.24) is 19.7 Å². The topological polar surface area (TPSA) is 66.0 Å². The van der Waals surface area contributed by atoms with Gasteiger partial charge in [0.05, 0.1) is 0 Å². The zero-order valence-electron chi connectivity index (χ0n) is 16.1. The van der Waals surface area contributed by atoms with E-state index in [1.807, 2.05) is 42.0 Å². The number of imidazole rings is 1. The molecule has 0 amide bonds. The Morgan fingerprint density at radius 1 is 1.07 bits per heavy atom. The van der Waals surface area contributed by atoms with E-state index in [9.17, 15) is 8.78 Å². The molecule has 0 atom stereocenters. The Labute approximate surface area is 176 Å². The molecule has 0 bridgehead atoms. The molecule has 2 aromatic carbocycles. The minimum atomic E-state index is -3.25. The van der Waals surface area contributed by atoms with Gasteiger partial charge in [-0.1, -0.05) is 28.9 Å². The van der Waals surface area contributed by atoms with Crippen molar-refractivity contribution in [2.24, 2.45) is 0 Å². The van der Waals surface area contributed by atoms with Crippen molar-refractivity contribution in [1.29, 1.82) is 0 Å². The van der Waals surface area contributed by atoms with E-state index in [0.29, 0.717) is 35.6 Å². The van der Waals surface area contributed by atoms with Crippen LogP contribution in [0.25, 0.3) is 23.0 Å². The maximum atomic E-state index is 12.9. The van der Waals surface area contributed by atoms with E-state index in [1.54, 1.807) is 12.1 Å². The van der Waals surface area contributed by atoms with Gasteiger partial charge in [0.1, 0.15) is 17.3 Å². The summed E-state index contributed by atoms with van der Waals surface area (Å²) in [6, 6.07) is 13.6. The second kappa shape index (κ2) is 7.87. The van der Waals surface area contributed by atoms with Gasteiger partial charge >= 0.3 is 6.11 Å². The molecule has 0 aliphatic carbocycles. The summed E-state index contributed by atoms with van der Waals surface area (Å²) in [5.74, 6) is 1.43. The summed E-state index contributed by atoms with van der Waals surface area (Å²) in [5.41, 5.74) is 2.23. The lowest BCUT2D eigenvalue weighted by Gasteiger charge is -2.12. The number of halogens is 3. The lowest BCUT2D eigenvalue weighted by atomic mass is 10.2. The van der Waals surface area contributed by atoms with Crippen molar-refractivity contribution in [3.8, 4) is 28.7 Å². The van der Waals surface area contributed by atoms with Crippen LogP contribution in [0.15, 0.2) is 59.3 Å². The first kappa shape index (κ1) is 20.0. The van der Waals surface area contributed by atoms with Crippen LogP contribution in [0.4, 0.5) is 8.78 Å². The van der Waals surface area contributed by atoms with E-state index in [2.05, 4.69) is 19.9 Å². The van der Waals surface area contributed by atoms with Crippen molar-refractivity contribution in [3.05, 3.63) is 71.1 Å². The van der Waals surface area contributed by atoms with Crippen molar-refractivity contribution >= 4 is 11.6 Å². The zero-order valence-corrected chi connectivity index (χ0v) is 16.9.